The highest BCUT2D eigenvalue weighted by atomic mass is 32.2. The molecule has 0 amide bonds. The minimum Gasteiger partial charge on any atom is -0.384 e. The molecule has 0 aliphatic rings. The molecule has 0 spiro atoms. The van der Waals surface area contributed by atoms with Crippen LogP contribution in [0.25, 0.3) is 0 Å². The minimum atomic E-state index is -0.0102. The van der Waals surface area contributed by atoms with Crippen LogP contribution in [0.1, 0.15) is 5.56 Å². The first-order valence-electron chi connectivity index (χ1n) is 4.01. The van der Waals surface area contributed by atoms with E-state index in [-0.39, 0.29) is 5.84 Å². The topological polar surface area (TPSA) is 88.5 Å². The number of nitrogen functional groups attached to an aromatic ring is 1. The molecule has 2 rings (SSSR count). The van der Waals surface area contributed by atoms with Gasteiger partial charge in [-0.05, 0) is 17.8 Å². The molecule has 15 heavy (non-hydrogen) atoms. The van der Waals surface area contributed by atoms with Crippen molar-refractivity contribution in [1.29, 1.82) is 5.41 Å². The summed E-state index contributed by atoms with van der Waals surface area (Å²) in [5.41, 5.74) is 6.02. The van der Waals surface area contributed by atoms with Gasteiger partial charge in [0.1, 0.15) is 10.9 Å². The van der Waals surface area contributed by atoms with Crippen molar-refractivity contribution in [2.24, 2.45) is 5.73 Å². The first-order chi connectivity index (χ1) is 7.27. The highest BCUT2D eigenvalue weighted by Crippen LogP contribution is 2.29. The van der Waals surface area contributed by atoms with Gasteiger partial charge >= 0.3 is 0 Å². The Balaban J connectivity index is 2.32. The number of aromatic nitrogens is 3. The highest BCUT2D eigenvalue weighted by Gasteiger charge is 2.09. The summed E-state index contributed by atoms with van der Waals surface area (Å²) in [6, 6.07) is 1.67. The first-order valence-corrected chi connectivity index (χ1v) is 5.70. The summed E-state index contributed by atoms with van der Waals surface area (Å²) >= 11 is 2.87. The zero-order valence-corrected chi connectivity index (χ0v) is 9.18. The molecule has 3 N–H and O–H groups in total. The SMILES string of the molecule is N=C(N)c1ccnnc1Sc1nccs1. The van der Waals surface area contributed by atoms with Crippen molar-refractivity contribution in [3.05, 3.63) is 29.4 Å². The molecule has 2 heterocycles. The Morgan fingerprint density at radius 2 is 2.33 bits per heavy atom. The van der Waals surface area contributed by atoms with Crippen LogP contribution in [-0.4, -0.2) is 21.0 Å². The van der Waals surface area contributed by atoms with E-state index in [1.54, 1.807) is 12.3 Å². The van der Waals surface area contributed by atoms with Crippen LogP contribution in [0.5, 0.6) is 0 Å². The van der Waals surface area contributed by atoms with Gasteiger partial charge < -0.3 is 5.73 Å². The Bertz CT molecular complexity index is 468. The van der Waals surface area contributed by atoms with E-state index in [0.29, 0.717) is 10.6 Å². The van der Waals surface area contributed by atoms with Gasteiger partial charge in [0, 0.05) is 11.6 Å². The molecule has 0 unspecified atom stereocenters. The zero-order valence-electron chi connectivity index (χ0n) is 7.54. The fourth-order valence-electron chi connectivity index (χ4n) is 0.943. The van der Waals surface area contributed by atoms with Gasteiger partial charge in [0.2, 0.25) is 0 Å². The number of hydrogen-bond donors (Lipinski definition) is 2. The highest BCUT2D eigenvalue weighted by molar-refractivity contribution is 8.01. The number of hydrogen-bond acceptors (Lipinski definition) is 6. The van der Waals surface area contributed by atoms with Crippen LogP contribution in [0.4, 0.5) is 0 Å². The Hall–Kier alpha value is -1.47. The lowest BCUT2D eigenvalue weighted by atomic mass is 10.3. The van der Waals surface area contributed by atoms with Gasteiger partial charge in [0.25, 0.3) is 0 Å². The second kappa shape index (κ2) is 4.37. The summed E-state index contributed by atoms with van der Waals surface area (Å²) in [4.78, 5) is 4.11. The number of amidine groups is 1. The van der Waals surface area contributed by atoms with Gasteiger partial charge in [-0.1, -0.05) is 0 Å². The van der Waals surface area contributed by atoms with E-state index >= 15 is 0 Å². The predicted octanol–water partition coefficient (Wildman–Crippen LogP) is 1.37. The quantitative estimate of drug-likeness (QED) is 0.621. The van der Waals surface area contributed by atoms with Crippen molar-refractivity contribution in [2.75, 3.05) is 0 Å². The number of nitrogens with one attached hydrogen (secondary N) is 1. The Morgan fingerprint density at radius 3 is 3.00 bits per heavy atom. The van der Waals surface area contributed by atoms with Crippen LogP contribution >= 0.6 is 23.1 Å². The Morgan fingerprint density at radius 1 is 1.47 bits per heavy atom. The third-order valence-corrected chi connectivity index (χ3v) is 3.45. The van der Waals surface area contributed by atoms with Crippen LogP contribution in [0.3, 0.4) is 0 Å². The van der Waals surface area contributed by atoms with E-state index in [1.807, 2.05) is 5.38 Å². The Kier molecular flexibility index (Phi) is 2.93. The summed E-state index contributed by atoms with van der Waals surface area (Å²) in [6.07, 6.45) is 3.24. The summed E-state index contributed by atoms with van der Waals surface area (Å²) in [6.45, 7) is 0. The molecule has 0 saturated heterocycles. The molecule has 0 aliphatic heterocycles. The van der Waals surface area contributed by atoms with E-state index in [1.165, 1.54) is 29.3 Å². The maximum atomic E-state index is 7.38. The van der Waals surface area contributed by atoms with Crippen LogP contribution in [-0.2, 0) is 0 Å². The van der Waals surface area contributed by atoms with Gasteiger partial charge in [-0.2, -0.15) is 5.10 Å². The standard InChI is InChI=1S/C8H7N5S2/c9-6(10)5-1-2-12-13-7(5)15-8-11-3-4-14-8/h1-4H,(H3,9,10). The van der Waals surface area contributed by atoms with Gasteiger partial charge in [0.05, 0.1) is 11.8 Å². The average Bonchev–Trinajstić information content (AvgIpc) is 2.71. The van der Waals surface area contributed by atoms with Gasteiger partial charge in [-0.25, -0.2) is 4.98 Å². The van der Waals surface area contributed by atoms with Crippen LogP contribution in [0.2, 0.25) is 0 Å². The molecule has 0 atom stereocenters. The fraction of sp³-hybridized carbons (Fsp3) is 0. The molecule has 0 radical (unpaired) electrons. The molecule has 0 saturated carbocycles. The summed E-state index contributed by atoms with van der Waals surface area (Å²) in [7, 11) is 0. The summed E-state index contributed by atoms with van der Waals surface area (Å²) < 4.78 is 0.859. The molecule has 0 bridgehead atoms. The molecule has 5 nitrogen and oxygen atoms in total. The monoisotopic (exact) mass is 237 g/mol. The smallest absolute Gasteiger partial charge is 0.156 e. The van der Waals surface area contributed by atoms with Crippen molar-refractivity contribution >= 4 is 28.9 Å². The largest absolute Gasteiger partial charge is 0.384 e. The number of thiazole rings is 1. The van der Waals surface area contributed by atoms with Gasteiger partial charge in [-0.15, -0.1) is 16.4 Å². The van der Waals surface area contributed by atoms with Crippen molar-refractivity contribution in [3.63, 3.8) is 0 Å². The third-order valence-electron chi connectivity index (χ3n) is 1.57. The van der Waals surface area contributed by atoms with Crippen molar-refractivity contribution in [1.82, 2.24) is 15.2 Å². The van der Waals surface area contributed by atoms with Crippen molar-refractivity contribution in [3.8, 4) is 0 Å². The number of rotatable bonds is 3. The fourth-order valence-corrected chi connectivity index (χ4v) is 2.55. The van der Waals surface area contributed by atoms with E-state index in [0.717, 1.165) is 4.34 Å². The molecule has 0 aliphatic carbocycles. The third kappa shape index (κ3) is 2.31. The Labute approximate surface area is 94.3 Å². The molecule has 2 aromatic heterocycles. The van der Waals surface area contributed by atoms with Crippen LogP contribution in [0, 0.1) is 5.41 Å². The molecular weight excluding hydrogens is 230 g/mol. The molecular formula is C8H7N5S2. The van der Waals surface area contributed by atoms with Gasteiger partial charge in [-0.3, -0.25) is 5.41 Å². The predicted molar refractivity (Wildman–Crippen MR) is 59.3 cm³/mol. The normalized spacial score (nSPS) is 10.1. The first kappa shape index (κ1) is 10.1. The van der Waals surface area contributed by atoms with Crippen molar-refractivity contribution in [2.45, 2.75) is 9.37 Å². The van der Waals surface area contributed by atoms with E-state index in [2.05, 4.69) is 15.2 Å². The lowest BCUT2D eigenvalue weighted by Gasteiger charge is -2.02. The van der Waals surface area contributed by atoms with E-state index < -0.39 is 0 Å². The van der Waals surface area contributed by atoms with Crippen LogP contribution < -0.4 is 5.73 Å². The average molecular weight is 237 g/mol. The maximum absolute atomic E-state index is 7.38. The molecule has 0 fully saturated rings. The van der Waals surface area contributed by atoms with Crippen LogP contribution in [0.15, 0.2) is 33.2 Å². The minimum absolute atomic E-state index is 0.0102. The molecule has 0 aromatic carbocycles. The number of nitrogens with zero attached hydrogens (tertiary/aromatic N) is 3. The van der Waals surface area contributed by atoms with E-state index in [9.17, 15) is 0 Å². The maximum Gasteiger partial charge on any atom is 0.156 e. The second-order valence-electron chi connectivity index (χ2n) is 2.56. The van der Waals surface area contributed by atoms with Gasteiger partial charge in [0.15, 0.2) is 4.34 Å². The zero-order chi connectivity index (χ0) is 10.7. The molecule has 2 aromatic rings. The second-order valence-corrected chi connectivity index (χ2v) is 4.69. The van der Waals surface area contributed by atoms with E-state index in [4.69, 9.17) is 11.1 Å². The summed E-state index contributed by atoms with van der Waals surface area (Å²) in [5.74, 6) is -0.0102. The van der Waals surface area contributed by atoms with Crippen molar-refractivity contribution < 1.29 is 0 Å². The molecule has 76 valence electrons. The number of nitrogens with two attached hydrogens (primary N) is 1. The lowest BCUT2D eigenvalue weighted by Crippen LogP contribution is -2.13. The lowest BCUT2D eigenvalue weighted by molar-refractivity contribution is 0.920. The molecule has 7 heteroatoms. The summed E-state index contributed by atoms with van der Waals surface area (Å²) in [5, 5.41) is 17.6.